The Bertz CT molecular complexity index is 979. The van der Waals surface area contributed by atoms with Gasteiger partial charge in [0.05, 0.1) is 12.8 Å². The van der Waals surface area contributed by atoms with E-state index >= 15 is 0 Å². The predicted molar refractivity (Wildman–Crippen MR) is 99.2 cm³/mol. The average Bonchev–Trinajstić information content (AvgIpc) is 2.68. The molecule has 0 aliphatic rings. The van der Waals surface area contributed by atoms with Crippen LogP contribution in [0, 0.1) is 0 Å². The summed E-state index contributed by atoms with van der Waals surface area (Å²) in [4.78, 5) is 4.77. The van der Waals surface area contributed by atoms with Gasteiger partial charge in [0.1, 0.15) is 5.75 Å². The summed E-state index contributed by atoms with van der Waals surface area (Å²) in [5, 5.41) is 2.28. The van der Waals surface area contributed by atoms with E-state index in [1.165, 1.54) is 0 Å². The number of hydrogen-bond donors (Lipinski definition) is 0. The normalized spacial score (nSPS) is 10.7. The van der Waals surface area contributed by atoms with Crippen LogP contribution in [-0.4, -0.2) is 12.1 Å². The van der Waals surface area contributed by atoms with Crippen molar-refractivity contribution in [1.82, 2.24) is 4.98 Å². The maximum Gasteiger partial charge on any atom is 0.119 e. The number of nitrogens with zero attached hydrogens (tertiary/aromatic N) is 1. The van der Waals surface area contributed by atoms with E-state index in [-0.39, 0.29) is 0 Å². The molecule has 0 saturated carbocycles. The Kier molecular flexibility index (Phi) is 3.72. The summed E-state index contributed by atoms with van der Waals surface area (Å²) in [6.45, 7) is 0. The molecule has 3 aromatic carbocycles. The van der Waals surface area contributed by atoms with E-state index in [1.807, 2.05) is 48.7 Å². The van der Waals surface area contributed by atoms with Crippen molar-refractivity contribution in [3.8, 4) is 28.1 Å². The molecule has 24 heavy (non-hydrogen) atoms. The van der Waals surface area contributed by atoms with Gasteiger partial charge in [-0.05, 0) is 29.1 Å². The van der Waals surface area contributed by atoms with Crippen LogP contribution in [0.2, 0.25) is 0 Å². The Hall–Kier alpha value is -3.13. The number of rotatable bonds is 3. The van der Waals surface area contributed by atoms with Crippen LogP contribution in [0.1, 0.15) is 0 Å². The first kappa shape index (κ1) is 14.5. The Morgan fingerprint density at radius 2 is 1.38 bits per heavy atom. The molecule has 0 unspecified atom stereocenters. The minimum absolute atomic E-state index is 0.852. The number of ether oxygens (including phenoxy) is 1. The van der Waals surface area contributed by atoms with Crippen molar-refractivity contribution in [2.24, 2.45) is 0 Å². The lowest BCUT2D eigenvalue weighted by atomic mass is 9.97. The van der Waals surface area contributed by atoms with Crippen LogP contribution >= 0.6 is 0 Å². The third-order valence-electron chi connectivity index (χ3n) is 4.23. The molecule has 2 heteroatoms. The van der Waals surface area contributed by atoms with E-state index in [2.05, 4.69) is 36.4 Å². The summed E-state index contributed by atoms with van der Waals surface area (Å²) in [6.07, 6.45) is 1.96. The van der Waals surface area contributed by atoms with Crippen LogP contribution in [0.5, 0.6) is 5.75 Å². The van der Waals surface area contributed by atoms with Crippen LogP contribution in [0.4, 0.5) is 0 Å². The Labute approximate surface area is 141 Å². The van der Waals surface area contributed by atoms with Crippen molar-refractivity contribution < 1.29 is 4.74 Å². The predicted octanol–water partition coefficient (Wildman–Crippen LogP) is 5.58. The Balaban J connectivity index is 2.02. The van der Waals surface area contributed by atoms with E-state index in [4.69, 9.17) is 9.72 Å². The molecule has 4 aromatic rings. The third-order valence-corrected chi connectivity index (χ3v) is 4.23. The van der Waals surface area contributed by atoms with Gasteiger partial charge in [-0.15, -0.1) is 0 Å². The molecule has 0 fully saturated rings. The van der Waals surface area contributed by atoms with Gasteiger partial charge in [0.15, 0.2) is 0 Å². The van der Waals surface area contributed by atoms with Crippen LogP contribution in [0.25, 0.3) is 33.2 Å². The zero-order valence-electron chi connectivity index (χ0n) is 13.4. The van der Waals surface area contributed by atoms with E-state index < -0.39 is 0 Å². The summed E-state index contributed by atoms with van der Waals surface area (Å²) in [6, 6.07) is 26.8. The fourth-order valence-corrected chi connectivity index (χ4v) is 3.02. The maximum absolute atomic E-state index is 5.44. The quantitative estimate of drug-likeness (QED) is 0.493. The number of fused-ring (bicyclic) bond motifs is 1. The van der Waals surface area contributed by atoms with Crippen molar-refractivity contribution in [3.63, 3.8) is 0 Å². The van der Waals surface area contributed by atoms with Gasteiger partial charge in [-0.25, -0.2) is 0 Å². The molecule has 0 N–H and O–H groups in total. The zero-order valence-corrected chi connectivity index (χ0v) is 13.4. The fraction of sp³-hybridized carbons (Fsp3) is 0.0455. The van der Waals surface area contributed by atoms with Gasteiger partial charge >= 0.3 is 0 Å². The monoisotopic (exact) mass is 311 g/mol. The highest BCUT2D eigenvalue weighted by Crippen LogP contribution is 2.35. The summed E-state index contributed by atoms with van der Waals surface area (Å²) < 4.78 is 5.44. The molecule has 2 nitrogen and oxygen atoms in total. The van der Waals surface area contributed by atoms with Gasteiger partial charge < -0.3 is 4.74 Å². The molecular formula is C22H17NO. The molecule has 0 amide bonds. The van der Waals surface area contributed by atoms with E-state index in [9.17, 15) is 0 Å². The van der Waals surface area contributed by atoms with Crippen molar-refractivity contribution in [1.29, 1.82) is 0 Å². The van der Waals surface area contributed by atoms with Crippen molar-refractivity contribution in [2.45, 2.75) is 0 Å². The van der Waals surface area contributed by atoms with Crippen molar-refractivity contribution >= 4 is 10.8 Å². The first-order valence-electron chi connectivity index (χ1n) is 7.94. The van der Waals surface area contributed by atoms with Crippen molar-refractivity contribution in [2.75, 3.05) is 7.11 Å². The molecule has 0 saturated heterocycles. The second-order valence-electron chi connectivity index (χ2n) is 5.66. The molecule has 4 rings (SSSR count). The highest BCUT2D eigenvalue weighted by atomic mass is 16.5. The Morgan fingerprint density at radius 3 is 2.04 bits per heavy atom. The lowest BCUT2D eigenvalue weighted by Gasteiger charge is -2.12. The fourth-order valence-electron chi connectivity index (χ4n) is 3.02. The van der Waals surface area contributed by atoms with Crippen LogP contribution < -0.4 is 4.74 Å². The summed E-state index contributed by atoms with van der Waals surface area (Å²) in [5.41, 5.74) is 4.38. The second-order valence-corrected chi connectivity index (χ2v) is 5.66. The maximum atomic E-state index is 5.44. The summed E-state index contributed by atoms with van der Waals surface area (Å²) in [7, 11) is 1.70. The average molecular weight is 311 g/mol. The van der Waals surface area contributed by atoms with Crippen molar-refractivity contribution in [3.05, 3.63) is 85.1 Å². The molecule has 1 heterocycles. The van der Waals surface area contributed by atoms with Gasteiger partial charge in [-0.3, -0.25) is 4.98 Å². The highest BCUT2D eigenvalue weighted by molar-refractivity contribution is 6.03. The number of methoxy groups -OCH3 is 1. The molecule has 1 aromatic heterocycles. The number of pyridine rings is 1. The van der Waals surface area contributed by atoms with Gasteiger partial charge in [0.2, 0.25) is 0 Å². The minimum Gasteiger partial charge on any atom is -0.497 e. The molecular weight excluding hydrogens is 294 g/mol. The Morgan fingerprint density at radius 1 is 0.708 bits per heavy atom. The zero-order chi connectivity index (χ0) is 16.4. The van der Waals surface area contributed by atoms with Gasteiger partial charge in [0, 0.05) is 22.7 Å². The van der Waals surface area contributed by atoms with E-state index in [0.29, 0.717) is 0 Å². The molecule has 0 aliphatic carbocycles. The summed E-state index contributed by atoms with van der Waals surface area (Å²) in [5.74, 6) is 0.852. The first-order valence-corrected chi connectivity index (χ1v) is 7.94. The topological polar surface area (TPSA) is 22.1 Å². The molecule has 0 bridgehead atoms. The SMILES string of the molecule is COc1ccc2c(-c3ccccc3)ncc(-c3ccccc3)c2c1. The minimum atomic E-state index is 0.852. The lowest BCUT2D eigenvalue weighted by molar-refractivity contribution is 0.415. The van der Waals surface area contributed by atoms with E-state index in [0.717, 1.165) is 38.9 Å². The number of benzene rings is 3. The van der Waals surface area contributed by atoms with Crippen LogP contribution in [0.3, 0.4) is 0 Å². The second kappa shape index (κ2) is 6.17. The summed E-state index contributed by atoms with van der Waals surface area (Å²) >= 11 is 0. The number of hydrogen-bond acceptors (Lipinski definition) is 2. The van der Waals surface area contributed by atoms with Gasteiger partial charge in [0.25, 0.3) is 0 Å². The largest absolute Gasteiger partial charge is 0.497 e. The standard InChI is InChI=1S/C22H17NO/c1-24-18-12-13-19-20(14-18)21(16-8-4-2-5-9-16)15-23-22(19)17-10-6-3-7-11-17/h2-15H,1H3. The van der Waals surface area contributed by atoms with Crippen LogP contribution in [-0.2, 0) is 0 Å². The third kappa shape index (κ3) is 2.52. The highest BCUT2D eigenvalue weighted by Gasteiger charge is 2.11. The number of aromatic nitrogens is 1. The van der Waals surface area contributed by atoms with E-state index in [1.54, 1.807) is 7.11 Å². The van der Waals surface area contributed by atoms with Gasteiger partial charge in [-0.1, -0.05) is 60.7 Å². The molecule has 0 radical (unpaired) electrons. The van der Waals surface area contributed by atoms with Gasteiger partial charge in [-0.2, -0.15) is 0 Å². The smallest absolute Gasteiger partial charge is 0.119 e. The molecule has 116 valence electrons. The molecule has 0 aliphatic heterocycles. The molecule has 0 spiro atoms. The lowest BCUT2D eigenvalue weighted by Crippen LogP contribution is -1.91. The molecule has 0 atom stereocenters. The van der Waals surface area contributed by atoms with Crippen LogP contribution in [0.15, 0.2) is 85.1 Å². The first-order chi connectivity index (χ1) is 11.9.